The summed E-state index contributed by atoms with van der Waals surface area (Å²) in [6.07, 6.45) is 0. The van der Waals surface area contributed by atoms with Crippen LogP contribution in [0.3, 0.4) is 0 Å². The average Bonchev–Trinajstić information content (AvgIpc) is 2.55. The number of methoxy groups -OCH3 is 1. The maximum atomic E-state index is 12.5. The predicted molar refractivity (Wildman–Crippen MR) is 97.6 cm³/mol. The van der Waals surface area contributed by atoms with E-state index in [2.05, 4.69) is 20.7 Å². The Kier molecular flexibility index (Phi) is 6.21. The molecule has 0 saturated carbocycles. The molecule has 0 aliphatic heterocycles. The highest BCUT2D eigenvalue weighted by molar-refractivity contribution is 9.10. The second-order valence-electron chi connectivity index (χ2n) is 5.46. The van der Waals surface area contributed by atoms with Gasteiger partial charge in [0.1, 0.15) is 16.4 Å². The van der Waals surface area contributed by atoms with E-state index in [9.17, 15) is 13.2 Å². The Balaban J connectivity index is 2.38. The van der Waals surface area contributed by atoms with E-state index in [0.29, 0.717) is 10.2 Å². The van der Waals surface area contributed by atoms with Crippen LogP contribution in [-0.2, 0) is 10.0 Å². The molecule has 0 amide bonds. The van der Waals surface area contributed by atoms with Crippen molar-refractivity contribution >= 4 is 31.9 Å². The quantitative estimate of drug-likeness (QED) is 0.564. The predicted octanol–water partition coefficient (Wildman–Crippen LogP) is 3.36. The van der Waals surface area contributed by atoms with Crippen LogP contribution in [0.4, 0.5) is 0 Å². The first-order valence-corrected chi connectivity index (χ1v) is 9.69. The molecule has 1 N–H and O–H groups in total. The minimum absolute atomic E-state index is 0.0979. The fourth-order valence-corrected chi connectivity index (χ4v) is 3.89. The van der Waals surface area contributed by atoms with Crippen LogP contribution in [-0.4, -0.2) is 27.5 Å². The van der Waals surface area contributed by atoms with Gasteiger partial charge in [-0.2, -0.15) is 0 Å². The van der Waals surface area contributed by atoms with Crippen molar-refractivity contribution in [2.45, 2.75) is 24.8 Å². The van der Waals surface area contributed by atoms with Gasteiger partial charge in [0, 0.05) is 6.04 Å². The highest BCUT2D eigenvalue weighted by Crippen LogP contribution is 2.28. The van der Waals surface area contributed by atoms with Gasteiger partial charge in [-0.25, -0.2) is 17.9 Å². The van der Waals surface area contributed by atoms with Crippen LogP contribution in [0, 0.1) is 0 Å². The summed E-state index contributed by atoms with van der Waals surface area (Å²) in [6.45, 7) is 3.41. The number of esters is 1. The first-order chi connectivity index (χ1) is 11.7. The van der Waals surface area contributed by atoms with Crippen molar-refractivity contribution in [2.75, 3.05) is 7.11 Å². The topological polar surface area (TPSA) is 81.7 Å². The molecule has 0 unspecified atom stereocenters. The summed E-state index contributed by atoms with van der Waals surface area (Å²) in [7, 11) is -2.47. The number of carbonyl (C=O) groups excluding carboxylic acids is 1. The zero-order chi connectivity index (χ0) is 18.6. The first-order valence-electron chi connectivity index (χ1n) is 7.41. The second kappa shape index (κ2) is 7.99. The van der Waals surface area contributed by atoms with Gasteiger partial charge in [0.2, 0.25) is 10.0 Å². The molecule has 25 heavy (non-hydrogen) atoms. The van der Waals surface area contributed by atoms with Gasteiger partial charge in [-0.15, -0.1) is 0 Å². The summed E-state index contributed by atoms with van der Waals surface area (Å²) in [5.41, 5.74) is 0.0979. The monoisotopic (exact) mass is 427 g/mol. The standard InChI is InChI=1S/C17H18BrNO5S/c1-11(2)19-25(21,22)16-10-12(8-9-15(16)23-3)17(20)24-14-7-5-4-6-13(14)18/h4-11,19H,1-3H3. The molecule has 2 rings (SSSR count). The minimum Gasteiger partial charge on any atom is -0.495 e. The fourth-order valence-electron chi connectivity index (χ4n) is 2.07. The lowest BCUT2D eigenvalue weighted by molar-refractivity contribution is 0.0733. The molecule has 0 aliphatic rings. The summed E-state index contributed by atoms with van der Waals surface area (Å²) < 4.78 is 38.4. The number of halogens is 1. The highest BCUT2D eigenvalue weighted by Gasteiger charge is 2.23. The lowest BCUT2D eigenvalue weighted by atomic mass is 10.2. The van der Waals surface area contributed by atoms with Crippen molar-refractivity contribution in [3.8, 4) is 11.5 Å². The molecule has 0 heterocycles. The zero-order valence-electron chi connectivity index (χ0n) is 13.9. The van der Waals surface area contributed by atoms with E-state index in [1.165, 1.54) is 25.3 Å². The second-order valence-corrected chi connectivity index (χ2v) is 8.00. The maximum absolute atomic E-state index is 12.5. The van der Waals surface area contributed by atoms with E-state index in [1.54, 1.807) is 38.1 Å². The van der Waals surface area contributed by atoms with Gasteiger partial charge >= 0.3 is 5.97 Å². The fraction of sp³-hybridized carbons (Fsp3) is 0.235. The number of hydrogen-bond acceptors (Lipinski definition) is 5. The van der Waals surface area contributed by atoms with Crippen molar-refractivity contribution in [1.82, 2.24) is 4.72 Å². The van der Waals surface area contributed by atoms with Crippen LogP contribution in [0.1, 0.15) is 24.2 Å². The van der Waals surface area contributed by atoms with Gasteiger partial charge in [-0.05, 0) is 60.1 Å². The number of benzene rings is 2. The molecule has 2 aromatic rings. The average molecular weight is 428 g/mol. The number of hydrogen-bond donors (Lipinski definition) is 1. The van der Waals surface area contributed by atoms with Gasteiger partial charge < -0.3 is 9.47 Å². The van der Waals surface area contributed by atoms with Gasteiger partial charge in [0.05, 0.1) is 17.1 Å². The summed E-state index contributed by atoms with van der Waals surface area (Å²) >= 11 is 3.29. The Morgan fingerprint density at radius 2 is 1.80 bits per heavy atom. The lowest BCUT2D eigenvalue weighted by Gasteiger charge is -2.14. The number of carbonyl (C=O) groups is 1. The Morgan fingerprint density at radius 1 is 1.12 bits per heavy atom. The number of ether oxygens (including phenoxy) is 2. The zero-order valence-corrected chi connectivity index (χ0v) is 16.3. The molecule has 0 atom stereocenters. The molecule has 0 radical (unpaired) electrons. The van der Waals surface area contributed by atoms with Gasteiger partial charge in [-0.1, -0.05) is 12.1 Å². The molecule has 0 saturated heterocycles. The van der Waals surface area contributed by atoms with Crippen molar-refractivity contribution < 1.29 is 22.7 Å². The molecule has 0 spiro atoms. The molecule has 0 bridgehead atoms. The Bertz CT molecular complexity index is 880. The van der Waals surface area contributed by atoms with Crippen LogP contribution in [0.15, 0.2) is 51.8 Å². The third-order valence-electron chi connectivity index (χ3n) is 3.12. The van der Waals surface area contributed by atoms with E-state index in [4.69, 9.17) is 9.47 Å². The molecule has 6 nitrogen and oxygen atoms in total. The SMILES string of the molecule is COc1ccc(C(=O)Oc2ccccc2Br)cc1S(=O)(=O)NC(C)C. The molecule has 134 valence electrons. The number of sulfonamides is 1. The van der Waals surface area contributed by atoms with Crippen LogP contribution in [0.25, 0.3) is 0 Å². The summed E-state index contributed by atoms with van der Waals surface area (Å²) in [6, 6.07) is 10.7. The van der Waals surface area contributed by atoms with Crippen molar-refractivity contribution in [3.63, 3.8) is 0 Å². The molecular weight excluding hydrogens is 410 g/mol. The van der Waals surface area contributed by atoms with E-state index in [1.807, 2.05) is 0 Å². The number of nitrogens with one attached hydrogen (secondary N) is 1. The normalized spacial score (nSPS) is 11.4. The Morgan fingerprint density at radius 3 is 2.40 bits per heavy atom. The van der Waals surface area contributed by atoms with Gasteiger partial charge in [0.15, 0.2) is 0 Å². The minimum atomic E-state index is -3.83. The maximum Gasteiger partial charge on any atom is 0.343 e. The Labute approximate surface area is 155 Å². The summed E-state index contributed by atoms with van der Waals surface area (Å²) in [4.78, 5) is 12.2. The third-order valence-corrected chi connectivity index (χ3v) is 5.45. The van der Waals surface area contributed by atoms with Crippen LogP contribution >= 0.6 is 15.9 Å². The summed E-state index contributed by atoms with van der Waals surface area (Å²) in [5, 5.41) is 0. The summed E-state index contributed by atoms with van der Waals surface area (Å²) in [5.74, 6) is -0.186. The third kappa shape index (κ3) is 4.81. The van der Waals surface area contributed by atoms with E-state index >= 15 is 0 Å². The van der Waals surface area contributed by atoms with Crippen LogP contribution in [0.5, 0.6) is 11.5 Å². The van der Waals surface area contributed by atoms with Gasteiger partial charge in [0.25, 0.3) is 0 Å². The Hall–Kier alpha value is -1.90. The molecule has 0 aliphatic carbocycles. The largest absolute Gasteiger partial charge is 0.495 e. The molecule has 2 aromatic carbocycles. The van der Waals surface area contributed by atoms with Crippen molar-refractivity contribution in [2.24, 2.45) is 0 Å². The van der Waals surface area contributed by atoms with Crippen molar-refractivity contribution in [3.05, 3.63) is 52.5 Å². The molecular formula is C17H18BrNO5S. The molecule has 0 aromatic heterocycles. The first kappa shape index (κ1) is 19.4. The van der Waals surface area contributed by atoms with Gasteiger partial charge in [-0.3, -0.25) is 0 Å². The van der Waals surface area contributed by atoms with E-state index in [-0.39, 0.29) is 22.3 Å². The number of para-hydroxylation sites is 1. The van der Waals surface area contributed by atoms with Crippen LogP contribution in [0.2, 0.25) is 0 Å². The van der Waals surface area contributed by atoms with E-state index in [0.717, 1.165) is 0 Å². The smallest absolute Gasteiger partial charge is 0.343 e. The van der Waals surface area contributed by atoms with Crippen molar-refractivity contribution in [1.29, 1.82) is 0 Å². The van der Waals surface area contributed by atoms with Crippen LogP contribution < -0.4 is 14.2 Å². The molecule has 0 fully saturated rings. The molecule has 8 heteroatoms. The van der Waals surface area contributed by atoms with E-state index < -0.39 is 16.0 Å². The highest BCUT2D eigenvalue weighted by atomic mass is 79.9. The number of rotatable bonds is 6. The lowest BCUT2D eigenvalue weighted by Crippen LogP contribution is -2.30.